The molecule has 0 amide bonds. The summed E-state index contributed by atoms with van der Waals surface area (Å²) in [6, 6.07) is 16.0. The van der Waals surface area contributed by atoms with E-state index in [4.69, 9.17) is 0 Å². The van der Waals surface area contributed by atoms with Gasteiger partial charge in [0.1, 0.15) is 0 Å². The quantitative estimate of drug-likeness (QED) is 0.299. The molecule has 0 radical (unpaired) electrons. The summed E-state index contributed by atoms with van der Waals surface area (Å²) in [5.41, 5.74) is 0. The third kappa shape index (κ3) is 1.96. The molecular formula is C19H16S3. The Balaban J connectivity index is 2.33. The maximum Gasteiger partial charge on any atom is 0.0159 e. The van der Waals surface area contributed by atoms with Gasteiger partial charge in [-0.2, -0.15) is 0 Å². The van der Waals surface area contributed by atoms with Crippen LogP contribution in [0.15, 0.2) is 57.2 Å². The van der Waals surface area contributed by atoms with Gasteiger partial charge in [-0.15, -0.1) is 35.3 Å². The van der Waals surface area contributed by atoms with Crippen molar-refractivity contribution >= 4 is 67.6 Å². The molecule has 0 nitrogen and oxygen atoms in total. The largest absolute Gasteiger partial charge is 0.129 e. The third-order valence-electron chi connectivity index (χ3n) is 4.33. The summed E-state index contributed by atoms with van der Waals surface area (Å²) in [5.74, 6) is 0. The Labute approximate surface area is 143 Å². The van der Waals surface area contributed by atoms with E-state index in [1.54, 1.807) is 0 Å². The molecule has 0 spiro atoms. The first-order valence-electron chi connectivity index (χ1n) is 7.15. The van der Waals surface area contributed by atoms with Crippen LogP contribution in [0.3, 0.4) is 0 Å². The fraction of sp³-hybridized carbons (Fsp3) is 0.158. The van der Waals surface area contributed by atoms with Crippen molar-refractivity contribution in [1.29, 1.82) is 0 Å². The van der Waals surface area contributed by atoms with Gasteiger partial charge < -0.3 is 0 Å². The molecule has 3 heteroatoms. The third-order valence-corrected chi connectivity index (χ3v) is 6.68. The topological polar surface area (TPSA) is 0 Å². The fourth-order valence-corrected chi connectivity index (χ4v) is 5.24. The summed E-state index contributed by atoms with van der Waals surface area (Å²) >= 11 is 5.52. The van der Waals surface area contributed by atoms with Crippen LogP contribution in [0.4, 0.5) is 0 Å². The van der Waals surface area contributed by atoms with E-state index in [-0.39, 0.29) is 0 Å². The standard InChI is InChI=1S/C19H16S3/c1-20-15-9-5-11-4-6-13-16(21-2)10-17(22-3)14-8-7-12(15)18(11)19(13)14/h4-10H,1-3H3. The van der Waals surface area contributed by atoms with Gasteiger partial charge >= 0.3 is 0 Å². The normalized spacial score (nSPS) is 12.0. The highest BCUT2D eigenvalue weighted by atomic mass is 32.2. The van der Waals surface area contributed by atoms with E-state index in [1.807, 2.05) is 35.3 Å². The molecule has 0 aromatic heterocycles. The minimum absolute atomic E-state index is 1.34. The Morgan fingerprint density at radius 2 is 1.05 bits per heavy atom. The lowest BCUT2D eigenvalue weighted by Crippen LogP contribution is -1.89. The van der Waals surface area contributed by atoms with Gasteiger partial charge in [-0.3, -0.25) is 0 Å². The molecule has 4 aromatic rings. The number of hydrogen-bond acceptors (Lipinski definition) is 3. The molecule has 22 heavy (non-hydrogen) atoms. The highest BCUT2D eigenvalue weighted by Crippen LogP contribution is 2.44. The molecule has 0 saturated heterocycles. The van der Waals surface area contributed by atoms with Crippen molar-refractivity contribution < 1.29 is 0 Å². The molecule has 0 aliphatic rings. The molecule has 4 rings (SSSR count). The van der Waals surface area contributed by atoms with Gasteiger partial charge in [0, 0.05) is 14.7 Å². The molecule has 0 heterocycles. The monoisotopic (exact) mass is 340 g/mol. The van der Waals surface area contributed by atoms with E-state index >= 15 is 0 Å². The second-order valence-electron chi connectivity index (χ2n) is 5.30. The summed E-state index contributed by atoms with van der Waals surface area (Å²) in [4.78, 5) is 4.11. The van der Waals surface area contributed by atoms with E-state index in [2.05, 4.69) is 61.2 Å². The van der Waals surface area contributed by atoms with E-state index in [1.165, 1.54) is 47.0 Å². The fourth-order valence-electron chi connectivity index (χ4n) is 3.32. The summed E-state index contributed by atoms with van der Waals surface area (Å²) in [5, 5.41) is 8.35. The summed E-state index contributed by atoms with van der Waals surface area (Å²) < 4.78 is 0. The van der Waals surface area contributed by atoms with Crippen molar-refractivity contribution in [3.8, 4) is 0 Å². The number of thioether (sulfide) groups is 3. The van der Waals surface area contributed by atoms with E-state index in [9.17, 15) is 0 Å². The number of hydrogen-bond donors (Lipinski definition) is 0. The van der Waals surface area contributed by atoms with E-state index in [0.29, 0.717) is 0 Å². The Hall–Kier alpha value is -1.03. The van der Waals surface area contributed by atoms with Gasteiger partial charge in [0.15, 0.2) is 0 Å². The first-order valence-corrected chi connectivity index (χ1v) is 10.8. The number of rotatable bonds is 3. The average Bonchev–Trinajstić information content (AvgIpc) is 2.58. The van der Waals surface area contributed by atoms with Crippen LogP contribution in [0, 0.1) is 0 Å². The predicted octanol–water partition coefficient (Wildman–Crippen LogP) is 6.75. The minimum Gasteiger partial charge on any atom is -0.129 e. The van der Waals surface area contributed by atoms with Gasteiger partial charge in [-0.25, -0.2) is 0 Å². The minimum atomic E-state index is 1.34. The van der Waals surface area contributed by atoms with Gasteiger partial charge in [0.2, 0.25) is 0 Å². The smallest absolute Gasteiger partial charge is 0.0159 e. The molecule has 0 aliphatic carbocycles. The highest BCUT2D eigenvalue weighted by molar-refractivity contribution is 7.99. The van der Waals surface area contributed by atoms with Crippen molar-refractivity contribution in [3.63, 3.8) is 0 Å². The first kappa shape index (κ1) is 14.6. The first-order chi connectivity index (χ1) is 10.8. The Kier molecular flexibility index (Phi) is 3.67. The number of benzene rings is 4. The van der Waals surface area contributed by atoms with Crippen LogP contribution in [0.1, 0.15) is 0 Å². The zero-order valence-electron chi connectivity index (χ0n) is 12.8. The zero-order chi connectivity index (χ0) is 15.3. The van der Waals surface area contributed by atoms with Crippen LogP contribution in [-0.2, 0) is 0 Å². The van der Waals surface area contributed by atoms with Gasteiger partial charge in [0.25, 0.3) is 0 Å². The molecule has 0 fully saturated rings. The second kappa shape index (κ2) is 5.55. The molecular weight excluding hydrogens is 324 g/mol. The average molecular weight is 341 g/mol. The SMILES string of the molecule is CSc1ccc2ccc3c(SC)cc(SC)c4ccc1c2c34. The molecule has 0 N–H and O–H groups in total. The van der Waals surface area contributed by atoms with Crippen molar-refractivity contribution in [1.82, 2.24) is 0 Å². The summed E-state index contributed by atoms with van der Waals surface area (Å²) in [7, 11) is 0. The predicted molar refractivity (Wildman–Crippen MR) is 105 cm³/mol. The summed E-state index contributed by atoms with van der Waals surface area (Å²) in [6.07, 6.45) is 6.50. The Morgan fingerprint density at radius 3 is 1.64 bits per heavy atom. The molecule has 0 bridgehead atoms. The van der Waals surface area contributed by atoms with E-state index < -0.39 is 0 Å². The van der Waals surface area contributed by atoms with Gasteiger partial charge in [0.05, 0.1) is 0 Å². The van der Waals surface area contributed by atoms with Crippen LogP contribution < -0.4 is 0 Å². The van der Waals surface area contributed by atoms with Gasteiger partial charge in [-0.05, 0) is 63.2 Å². The van der Waals surface area contributed by atoms with Crippen LogP contribution in [0.2, 0.25) is 0 Å². The lowest BCUT2D eigenvalue weighted by Gasteiger charge is -2.17. The maximum absolute atomic E-state index is 2.34. The van der Waals surface area contributed by atoms with Crippen LogP contribution in [0.25, 0.3) is 32.3 Å². The maximum atomic E-state index is 2.34. The lowest BCUT2D eigenvalue weighted by molar-refractivity contribution is 1.44. The van der Waals surface area contributed by atoms with Gasteiger partial charge in [-0.1, -0.05) is 30.3 Å². The second-order valence-corrected chi connectivity index (χ2v) is 7.84. The van der Waals surface area contributed by atoms with Crippen LogP contribution >= 0.6 is 35.3 Å². The van der Waals surface area contributed by atoms with Crippen molar-refractivity contribution in [2.45, 2.75) is 14.7 Å². The molecule has 0 unspecified atom stereocenters. The zero-order valence-corrected chi connectivity index (χ0v) is 15.2. The molecule has 0 aliphatic heterocycles. The van der Waals surface area contributed by atoms with Crippen molar-refractivity contribution in [2.75, 3.05) is 18.8 Å². The van der Waals surface area contributed by atoms with Crippen LogP contribution in [0.5, 0.6) is 0 Å². The Morgan fingerprint density at radius 1 is 0.545 bits per heavy atom. The van der Waals surface area contributed by atoms with Crippen molar-refractivity contribution in [3.05, 3.63) is 42.5 Å². The summed E-state index contributed by atoms with van der Waals surface area (Å²) in [6.45, 7) is 0. The molecule has 4 aromatic carbocycles. The molecule has 0 atom stereocenters. The molecule has 110 valence electrons. The Bertz CT molecular complexity index is 965. The highest BCUT2D eigenvalue weighted by Gasteiger charge is 2.15. The lowest BCUT2D eigenvalue weighted by atomic mass is 9.94. The van der Waals surface area contributed by atoms with Crippen LogP contribution in [-0.4, -0.2) is 18.8 Å². The van der Waals surface area contributed by atoms with Crippen molar-refractivity contribution in [2.24, 2.45) is 0 Å². The molecule has 0 saturated carbocycles. The van der Waals surface area contributed by atoms with E-state index in [0.717, 1.165) is 0 Å².